The molecule has 0 aliphatic heterocycles. The molecule has 0 aromatic heterocycles. The second kappa shape index (κ2) is 7.06. The Morgan fingerprint density at radius 1 is 0.944 bits per heavy atom. The van der Waals surface area contributed by atoms with E-state index in [1.807, 2.05) is 0 Å². The Kier molecular flexibility index (Phi) is 5.40. The van der Waals surface area contributed by atoms with Gasteiger partial charge in [-0.05, 0) is 18.5 Å². The third-order valence-electron chi connectivity index (χ3n) is 2.83. The minimum absolute atomic E-state index is 0.340. The number of halogens is 1. The molecule has 92 valence electrons. The van der Waals surface area contributed by atoms with E-state index in [-0.39, 0.29) is 7.92 Å². The lowest BCUT2D eigenvalue weighted by molar-refractivity contribution is 1.29. The first-order valence-electron chi connectivity index (χ1n) is 5.94. The van der Waals surface area contributed by atoms with Crippen molar-refractivity contribution in [2.45, 2.75) is 5.66 Å². The second-order valence-electron chi connectivity index (χ2n) is 4.00. The maximum atomic E-state index is 4.02. The van der Waals surface area contributed by atoms with E-state index in [1.165, 1.54) is 10.6 Å². The van der Waals surface area contributed by atoms with E-state index >= 15 is 0 Å². The van der Waals surface area contributed by atoms with E-state index in [9.17, 15) is 0 Å². The Morgan fingerprint density at radius 2 is 1.39 bits per heavy atom. The molecule has 18 heavy (non-hydrogen) atoms. The minimum atomic E-state index is -0.340. The fourth-order valence-electron chi connectivity index (χ4n) is 1.95. The van der Waals surface area contributed by atoms with Crippen LogP contribution in [-0.2, 0) is 0 Å². The lowest BCUT2D eigenvalue weighted by atomic mass is 10.4. The van der Waals surface area contributed by atoms with E-state index in [1.54, 1.807) is 0 Å². The molecule has 0 heterocycles. The first-order valence-corrected chi connectivity index (χ1v) is 8.88. The van der Waals surface area contributed by atoms with Crippen LogP contribution in [0.3, 0.4) is 0 Å². The molecule has 0 spiro atoms. The van der Waals surface area contributed by atoms with Crippen LogP contribution in [-0.4, -0.2) is 10.1 Å². The Labute approximate surface area is 124 Å². The van der Waals surface area contributed by atoms with Gasteiger partial charge in [0.05, 0.1) is 0 Å². The summed E-state index contributed by atoms with van der Waals surface area (Å²) >= 11 is 2.46. The number of hydrogen-bond donors (Lipinski definition) is 0. The molecule has 0 aliphatic rings. The van der Waals surface area contributed by atoms with Gasteiger partial charge >= 0.3 is 0 Å². The van der Waals surface area contributed by atoms with Crippen LogP contribution in [0.15, 0.2) is 73.3 Å². The molecule has 0 nitrogen and oxygen atoms in total. The standard InChI is InChI=1S/C16H16IP/c1-2-14(13-17)18(15-9-5-3-6-10-15)16-11-7-4-8-12-16/h2-12,14H,1,13H2. The van der Waals surface area contributed by atoms with Gasteiger partial charge in [-0.15, -0.1) is 6.58 Å². The molecule has 0 aliphatic carbocycles. The van der Waals surface area contributed by atoms with Crippen molar-refractivity contribution in [3.8, 4) is 0 Å². The van der Waals surface area contributed by atoms with Crippen LogP contribution < -0.4 is 10.6 Å². The fraction of sp³-hybridized carbons (Fsp3) is 0.125. The zero-order valence-electron chi connectivity index (χ0n) is 10.2. The van der Waals surface area contributed by atoms with Crippen molar-refractivity contribution in [3.63, 3.8) is 0 Å². The summed E-state index contributed by atoms with van der Waals surface area (Å²) < 4.78 is 1.11. The maximum absolute atomic E-state index is 4.02. The predicted octanol–water partition coefficient (Wildman–Crippen LogP) is 4.11. The summed E-state index contributed by atoms with van der Waals surface area (Å²) in [6.45, 7) is 4.02. The normalized spacial score (nSPS) is 12.3. The molecule has 0 saturated carbocycles. The maximum Gasteiger partial charge on any atom is 0.0138 e. The van der Waals surface area contributed by atoms with Crippen molar-refractivity contribution in [1.82, 2.24) is 0 Å². The SMILES string of the molecule is C=CC(CI)P(c1ccccc1)c1ccccc1. The Morgan fingerprint density at radius 3 is 1.72 bits per heavy atom. The highest BCUT2D eigenvalue weighted by molar-refractivity contribution is 14.1. The van der Waals surface area contributed by atoms with Gasteiger partial charge in [0.1, 0.15) is 0 Å². The van der Waals surface area contributed by atoms with Crippen LogP contribution in [0.4, 0.5) is 0 Å². The molecular formula is C16H16IP. The lowest BCUT2D eigenvalue weighted by Crippen LogP contribution is -2.21. The highest BCUT2D eigenvalue weighted by Gasteiger charge is 2.20. The quantitative estimate of drug-likeness (QED) is 0.323. The minimum Gasteiger partial charge on any atom is -0.102 e. The fourth-order valence-corrected chi connectivity index (χ4v) is 5.89. The zero-order chi connectivity index (χ0) is 12.8. The number of allylic oxidation sites excluding steroid dienone is 1. The van der Waals surface area contributed by atoms with Gasteiger partial charge in [-0.2, -0.15) is 0 Å². The molecule has 0 saturated heterocycles. The first-order chi connectivity index (χ1) is 8.86. The van der Waals surface area contributed by atoms with E-state index in [0.717, 1.165) is 4.43 Å². The molecule has 0 fully saturated rings. The summed E-state index contributed by atoms with van der Waals surface area (Å²) in [5.41, 5.74) is 0.533. The summed E-state index contributed by atoms with van der Waals surface area (Å²) in [7, 11) is -0.340. The molecule has 0 amide bonds. The third kappa shape index (κ3) is 3.21. The van der Waals surface area contributed by atoms with Gasteiger partial charge in [0, 0.05) is 10.1 Å². The Hall–Kier alpha value is -0.660. The summed E-state index contributed by atoms with van der Waals surface area (Å²) in [4.78, 5) is 0. The molecule has 2 aromatic rings. The van der Waals surface area contributed by atoms with Gasteiger partial charge in [0.2, 0.25) is 0 Å². The number of rotatable bonds is 5. The van der Waals surface area contributed by atoms with Crippen LogP contribution in [0.1, 0.15) is 0 Å². The molecule has 2 aromatic carbocycles. The monoisotopic (exact) mass is 366 g/mol. The average Bonchev–Trinajstić information content (AvgIpc) is 2.46. The summed E-state index contributed by atoms with van der Waals surface area (Å²) in [5.74, 6) is 0. The van der Waals surface area contributed by atoms with Gasteiger partial charge < -0.3 is 0 Å². The molecule has 0 bridgehead atoms. The largest absolute Gasteiger partial charge is 0.102 e. The molecule has 1 unspecified atom stereocenters. The van der Waals surface area contributed by atoms with Gasteiger partial charge in [0.15, 0.2) is 0 Å². The summed E-state index contributed by atoms with van der Waals surface area (Å²) in [5, 5.41) is 2.86. The lowest BCUT2D eigenvalue weighted by Gasteiger charge is -2.24. The van der Waals surface area contributed by atoms with Gasteiger partial charge in [-0.1, -0.05) is 89.3 Å². The van der Waals surface area contributed by atoms with Crippen molar-refractivity contribution >= 4 is 41.1 Å². The van der Waals surface area contributed by atoms with Gasteiger partial charge in [0.25, 0.3) is 0 Å². The van der Waals surface area contributed by atoms with Crippen LogP contribution >= 0.6 is 30.5 Å². The number of benzene rings is 2. The van der Waals surface area contributed by atoms with E-state index < -0.39 is 0 Å². The highest BCUT2D eigenvalue weighted by atomic mass is 127. The Bertz CT molecular complexity index is 441. The zero-order valence-corrected chi connectivity index (χ0v) is 13.2. The van der Waals surface area contributed by atoms with Crippen LogP contribution in [0.25, 0.3) is 0 Å². The van der Waals surface area contributed by atoms with Crippen LogP contribution in [0.2, 0.25) is 0 Å². The Balaban J connectivity index is 2.44. The topological polar surface area (TPSA) is 0 Å². The van der Waals surface area contributed by atoms with Crippen LogP contribution in [0.5, 0.6) is 0 Å². The van der Waals surface area contributed by atoms with Crippen molar-refractivity contribution < 1.29 is 0 Å². The number of alkyl halides is 1. The van der Waals surface area contributed by atoms with Gasteiger partial charge in [-0.3, -0.25) is 0 Å². The van der Waals surface area contributed by atoms with Gasteiger partial charge in [-0.25, -0.2) is 0 Å². The third-order valence-corrected chi connectivity index (χ3v) is 7.24. The number of hydrogen-bond acceptors (Lipinski definition) is 0. The molecule has 0 N–H and O–H groups in total. The summed E-state index contributed by atoms with van der Waals surface area (Å²) in [6, 6.07) is 21.6. The smallest absolute Gasteiger partial charge is 0.0138 e. The molecule has 2 heteroatoms. The van der Waals surface area contributed by atoms with Crippen molar-refractivity contribution in [3.05, 3.63) is 73.3 Å². The molecule has 1 atom stereocenters. The van der Waals surface area contributed by atoms with E-state index in [0.29, 0.717) is 5.66 Å². The predicted molar refractivity (Wildman–Crippen MR) is 91.9 cm³/mol. The first kappa shape index (κ1) is 13.8. The molecule has 0 radical (unpaired) electrons. The van der Waals surface area contributed by atoms with E-state index in [2.05, 4.69) is 95.9 Å². The van der Waals surface area contributed by atoms with Crippen molar-refractivity contribution in [1.29, 1.82) is 0 Å². The van der Waals surface area contributed by atoms with Crippen molar-refractivity contribution in [2.75, 3.05) is 4.43 Å². The average molecular weight is 366 g/mol. The van der Waals surface area contributed by atoms with Crippen molar-refractivity contribution in [2.24, 2.45) is 0 Å². The van der Waals surface area contributed by atoms with E-state index in [4.69, 9.17) is 0 Å². The highest BCUT2D eigenvalue weighted by Crippen LogP contribution is 2.40. The molecule has 2 rings (SSSR count). The second-order valence-corrected chi connectivity index (χ2v) is 7.32. The molecular weight excluding hydrogens is 350 g/mol. The van der Waals surface area contributed by atoms with Crippen LogP contribution in [0, 0.1) is 0 Å². The summed E-state index contributed by atoms with van der Waals surface area (Å²) in [6.07, 6.45) is 2.11.